The highest BCUT2D eigenvalue weighted by Gasteiger charge is 2.13. The standard InChI is InChI=1S/C22H20ClN3O2/c1-14-5-3-6-16(9-14)11-25-21(27)17-10-18(13-24-12-17)22(28)26-20-8-4-7-19(23)15(20)2/h3-10,12-13H,11H2,1-2H3,(H,25,27)(H,26,28). The van der Waals surface area contributed by atoms with Crippen LogP contribution in [0, 0.1) is 13.8 Å². The van der Waals surface area contributed by atoms with Crippen molar-refractivity contribution in [3.05, 3.63) is 93.8 Å². The molecule has 0 unspecified atom stereocenters. The molecule has 28 heavy (non-hydrogen) atoms. The highest BCUT2D eigenvalue weighted by Crippen LogP contribution is 2.23. The van der Waals surface area contributed by atoms with E-state index in [1.165, 1.54) is 18.5 Å². The van der Waals surface area contributed by atoms with Gasteiger partial charge in [0.1, 0.15) is 0 Å². The van der Waals surface area contributed by atoms with Crippen molar-refractivity contribution in [2.75, 3.05) is 5.32 Å². The topological polar surface area (TPSA) is 71.1 Å². The lowest BCUT2D eigenvalue weighted by molar-refractivity contribution is 0.0950. The van der Waals surface area contributed by atoms with Gasteiger partial charge in [0.05, 0.1) is 11.1 Å². The molecule has 0 fully saturated rings. The minimum atomic E-state index is -0.355. The van der Waals surface area contributed by atoms with Crippen LogP contribution >= 0.6 is 11.6 Å². The van der Waals surface area contributed by atoms with Gasteiger partial charge in [-0.2, -0.15) is 0 Å². The number of carbonyl (C=O) groups excluding carboxylic acids is 2. The first kappa shape index (κ1) is 19.6. The SMILES string of the molecule is Cc1cccc(CNC(=O)c2cncc(C(=O)Nc3cccc(Cl)c3C)c2)c1. The monoisotopic (exact) mass is 393 g/mol. The average Bonchev–Trinajstić information content (AvgIpc) is 2.70. The number of nitrogens with zero attached hydrogens (tertiary/aromatic N) is 1. The molecule has 0 aliphatic heterocycles. The molecular weight excluding hydrogens is 374 g/mol. The number of anilines is 1. The fourth-order valence-corrected chi connectivity index (χ4v) is 2.91. The Balaban J connectivity index is 1.69. The summed E-state index contributed by atoms with van der Waals surface area (Å²) in [5.41, 5.74) is 4.14. The van der Waals surface area contributed by atoms with Crippen molar-refractivity contribution in [2.24, 2.45) is 0 Å². The molecule has 142 valence electrons. The van der Waals surface area contributed by atoms with Gasteiger partial charge in [-0.1, -0.05) is 47.5 Å². The number of hydrogen-bond donors (Lipinski definition) is 2. The summed E-state index contributed by atoms with van der Waals surface area (Å²) in [4.78, 5) is 29.0. The molecule has 0 atom stereocenters. The summed E-state index contributed by atoms with van der Waals surface area (Å²) in [5, 5.41) is 6.22. The summed E-state index contributed by atoms with van der Waals surface area (Å²) in [5.74, 6) is -0.645. The molecular formula is C22H20ClN3O2. The molecule has 0 saturated carbocycles. The van der Waals surface area contributed by atoms with Crippen LogP contribution in [0.1, 0.15) is 37.4 Å². The zero-order valence-electron chi connectivity index (χ0n) is 15.6. The summed E-state index contributed by atoms with van der Waals surface area (Å²) in [6.45, 7) is 4.23. The van der Waals surface area contributed by atoms with Gasteiger partial charge in [-0.05, 0) is 43.2 Å². The Bertz CT molecular complexity index is 1030. The Morgan fingerprint density at radius 1 is 0.964 bits per heavy atom. The second-order valence-electron chi connectivity index (χ2n) is 6.50. The summed E-state index contributed by atoms with van der Waals surface area (Å²) < 4.78 is 0. The Morgan fingerprint density at radius 3 is 2.43 bits per heavy atom. The normalized spacial score (nSPS) is 10.4. The van der Waals surface area contributed by atoms with Crippen molar-refractivity contribution >= 4 is 29.1 Å². The quantitative estimate of drug-likeness (QED) is 0.668. The van der Waals surface area contributed by atoms with Crippen molar-refractivity contribution in [3.63, 3.8) is 0 Å². The molecule has 2 N–H and O–H groups in total. The van der Waals surface area contributed by atoms with E-state index >= 15 is 0 Å². The molecule has 0 aliphatic rings. The lowest BCUT2D eigenvalue weighted by Crippen LogP contribution is -2.23. The third-order valence-corrected chi connectivity index (χ3v) is 4.72. The Kier molecular flexibility index (Phi) is 6.06. The van der Waals surface area contributed by atoms with Crippen LogP contribution in [0.5, 0.6) is 0 Å². The average molecular weight is 394 g/mol. The Morgan fingerprint density at radius 2 is 1.68 bits per heavy atom. The predicted octanol–water partition coefficient (Wildman–Crippen LogP) is 4.53. The van der Waals surface area contributed by atoms with Crippen LogP contribution in [0.4, 0.5) is 5.69 Å². The minimum absolute atomic E-state index is 0.289. The molecule has 6 heteroatoms. The van der Waals surface area contributed by atoms with Crippen molar-refractivity contribution in [1.82, 2.24) is 10.3 Å². The van der Waals surface area contributed by atoms with Crippen LogP contribution < -0.4 is 10.6 Å². The number of benzene rings is 2. The zero-order valence-corrected chi connectivity index (χ0v) is 16.4. The summed E-state index contributed by atoms with van der Waals surface area (Å²) in [6, 6.07) is 14.7. The number of pyridine rings is 1. The van der Waals surface area contributed by atoms with Crippen molar-refractivity contribution in [2.45, 2.75) is 20.4 Å². The van der Waals surface area contributed by atoms with Crippen LogP contribution in [0.2, 0.25) is 5.02 Å². The second-order valence-corrected chi connectivity index (χ2v) is 6.91. The van der Waals surface area contributed by atoms with Gasteiger partial charge in [0.25, 0.3) is 11.8 Å². The van der Waals surface area contributed by atoms with E-state index < -0.39 is 0 Å². The first-order valence-corrected chi connectivity index (χ1v) is 9.17. The van der Waals surface area contributed by atoms with Crippen LogP contribution in [0.25, 0.3) is 0 Å². The van der Waals surface area contributed by atoms with Crippen molar-refractivity contribution in [3.8, 4) is 0 Å². The summed E-state index contributed by atoms with van der Waals surface area (Å²) >= 11 is 6.09. The third-order valence-electron chi connectivity index (χ3n) is 4.31. The molecule has 1 heterocycles. The van der Waals surface area contributed by atoms with Gasteiger partial charge in [0.15, 0.2) is 0 Å². The number of hydrogen-bond acceptors (Lipinski definition) is 3. The van der Waals surface area contributed by atoms with Crippen LogP contribution in [-0.4, -0.2) is 16.8 Å². The third kappa shape index (κ3) is 4.75. The number of carbonyl (C=O) groups is 2. The molecule has 2 aromatic carbocycles. The highest BCUT2D eigenvalue weighted by atomic mass is 35.5. The van der Waals surface area contributed by atoms with Gasteiger partial charge in [0.2, 0.25) is 0 Å². The van der Waals surface area contributed by atoms with Gasteiger partial charge in [0, 0.05) is 29.6 Å². The van der Waals surface area contributed by atoms with Crippen LogP contribution in [0.3, 0.4) is 0 Å². The lowest BCUT2D eigenvalue weighted by atomic mass is 10.1. The molecule has 3 rings (SSSR count). The van der Waals surface area contributed by atoms with E-state index in [2.05, 4.69) is 15.6 Å². The van der Waals surface area contributed by atoms with E-state index in [0.29, 0.717) is 28.4 Å². The van der Waals surface area contributed by atoms with Crippen LogP contribution in [0.15, 0.2) is 60.9 Å². The van der Waals surface area contributed by atoms with E-state index in [0.717, 1.165) is 16.7 Å². The predicted molar refractivity (Wildman–Crippen MR) is 111 cm³/mol. The highest BCUT2D eigenvalue weighted by molar-refractivity contribution is 6.31. The van der Waals surface area contributed by atoms with E-state index in [4.69, 9.17) is 11.6 Å². The lowest BCUT2D eigenvalue weighted by Gasteiger charge is -2.10. The van der Waals surface area contributed by atoms with Crippen LogP contribution in [-0.2, 0) is 6.54 Å². The number of aryl methyl sites for hydroxylation is 1. The fourth-order valence-electron chi connectivity index (χ4n) is 2.73. The summed E-state index contributed by atoms with van der Waals surface area (Å²) in [7, 11) is 0. The molecule has 1 aromatic heterocycles. The van der Waals surface area contributed by atoms with Gasteiger partial charge < -0.3 is 10.6 Å². The van der Waals surface area contributed by atoms with Gasteiger partial charge in [-0.25, -0.2) is 0 Å². The number of rotatable bonds is 5. The van der Waals surface area contributed by atoms with Gasteiger partial charge in [-0.15, -0.1) is 0 Å². The van der Waals surface area contributed by atoms with Gasteiger partial charge in [-0.3, -0.25) is 14.6 Å². The zero-order chi connectivity index (χ0) is 20.1. The molecule has 3 aromatic rings. The van der Waals surface area contributed by atoms with E-state index in [9.17, 15) is 9.59 Å². The van der Waals surface area contributed by atoms with E-state index in [1.54, 1.807) is 18.2 Å². The molecule has 2 amide bonds. The number of aromatic nitrogens is 1. The molecule has 0 saturated heterocycles. The van der Waals surface area contributed by atoms with E-state index in [1.807, 2.05) is 38.1 Å². The maximum Gasteiger partial charge on any atom is 0.257 e. The first-order chi connectivity index (χ1) is 13.4. The molecule has 5 nitrogen and oxygen atoms in total. The largest absolute Gasteiger partial charge is 0.348 e. The molecule has 0 radical (unpaired) electrons. The Labute approximate surface area is 168 Å². The number of amides is 2. The smallest absolute Gasteiger partial charge is 0.257 e. The molecule has 0 aliphatic carbocycles. The molecule has 0 spiro atoms. The van der Waals surface area contributed by atoms with E-state index in [-0.39, 0.29) is 11.8 Å². The number of nitrogens with one attached hydrogen (secondary N) is 2. The maximum atomic E-state index is 12.5. The Hall–Kier alpha value is -3.18. The minimum Gasteiger partial charge on any atom is -0.348 e. The van der Waals surface area contributed by atoms with Crippen molar-refractivity contribution < 1.29 is 9.59 Å². The first-order valence-electron chi connectivity index (χ1n) is 8.79. The van der Waals surface area contributed by atoms with Crippen molar-refractivity contribution in [1.29, 1.82) is 0 Å². The maximum absolute atomic E-state index is 12.5. The molecule has 0 bridgehead atoms. The van der Waals surface area contributed by atoms with Gasteiger partial charge >= 0.3 is 0 Å². The fraction of sp³-hybridized carbons (Fsp3) is 0.136. The second kappa shape index (κ2) is 8.67. The number of halogens is 1. The summed E-state index contributed by atoms with van der Waals surface area (Å²) in [6.07, 6.45) is 2.86.